The molecule has 0 aliphatic carbocycles. The molecule has 16 nitrogen and oxygen atoms in total. The number of hydrogen-bond donors (Lipinski definition) is 5. The third kappa shape index (κ3) is 14.0. The van der Waals surface area contributed by atoms with E-state index in [4.69, 9.17) is 26.3 Å². The summed E-state index contributed by atoms with van der Waals surface area (Å²) in [4.78, 5) is 42.2. The molecule has 75 heavy (non-hydrogen) atoms. The molecule has 19 heteroatoms. The maximum Gasteiger partial charge on any atom is 0.273 e. The van der Waals surface area contributed by atoms with Gasteiger partial charge in [0.25, 0.3) is 21.8 Å². The van der Waals surface area contributed by atoms with Crippen LogP contribution in [-0.2, 0) is 44.6 Å². The number of hydrogen-bond acceptors (Lipinski definition) is 14. The number of nitrogens with zero attached hydrogens (tertiary/aromatic N) is 2. The van der Waals surface area contributed by atoms with Crippen LogP contribution < -0.4 is 24.8 Å². The second-order valence-electron chi connectivity index (χ2n) is 20.3. The van der Waals surface area contributed by atoms with Crippen LogP contribution in [0.15, 0.2) is 129 Å². The predicted octanol–water partition coefficient (Wildman–Crippen LogP) is 14.3. The quantitative estimate of drug-likeness (QED) is 0.0141. The molecule has 2 atom stereocenters. The molecule has 6 aromatic rings. The normalized spacial score (nSPS) is 13.1. The fraction of sp³-hybridized carbons (Fsp3) is 0.339. The smallest absolute Gasteiger partial charge is 0.273 e. The zero-order valence-corrected chi connectivity index (χ0v) is 46.2. The first kappa shape index (κ1) is 57.7. The van der Waals surface area contributed by atoms with Crippen molar-refractivity contribution in [3.63, 3.8) is 0 Å². The summed E-state index contributed by atoms with van der Waals surface area (Å²) >= 11 is 7.37. The van der Waals surface area contributed by atoms with Crippen LogP contribution in [0.3, 0.4) is 0 Å². The number of nitrogens with one attached hydrogen (secondary N) is 3. The molecule has 0 aromatic heterocycles. The fourth-order valence-corrected chi connectivity index (χ4v) is 9.30. The molecular weight excluding hydrogens is 1020 g/mol. The maximum absolute atomic E-state index is 14.1. The molecule has 0 heterocycles. The van der Waals surface area contributed by atoms with Crippen LogP contribution in [0.1, 0.15) is 105 Å². The van der Waals surface area contributed by atoms with Crippen molar-refractivity contribution in [2.75, 3.05) is 15.4 Å². The molecule has 0 spiro atoms. The summed E-state index contributed by atoms with van der Waals surface area (Å²) < 4.78 is 47.5. The summed E-state index contributed by atoms with van der Waals surface area (Å²) in [5, 5.41) is 38.1. The lowest BCUT2D eigenvalue weighted by molar-refractivity contribution is -0.432. The second-order valence-corrected chi connectivity index (χ2v) is 23.1. The van der Waals surface area contributed by atoms with Gasteiger partial charge in [-0.25, -0.2) is 13.7 Å². The van der Waals surface area contributed by atoms with Crippen LogP contribution in [0.5, 0.6) is 17.2 Å². The lowest BCUT2D eigenvalue weighted by Gasteiger charge is -2.31. The molecule has 0 aliphatic rings. The number of benzene rings is 6. The van der Waals surface area contributed by atoms with Gasteiger partial charge in [0.1, 0.15) is 17.2 Å². The van der Waals surface area contributed by atoms with Crippen molar-refractivity contribution in [2.24, 2.45) is 15.6 Å². The first-order valence-electron chi connectivity index (χ1n) is 24.3. The number of anilines is 3. The van der Waals surface area contributed by atoms with Gasteiger partial charge in [-0.05, 0) is 133 Å². The third-order valence-electron chi connectivity index (χ3n) is 13.1. The van der Waals surface area contributed by atoms with E-state index in [1.54, 1.807) is 76.2 Å². The van der Waals surface area contributed by atoms with E-state index < -0.39 is 45.2 Å². The Bertz CT molecular complexity index is 3200. The number of sulfonamides is 1. The zero-order chi connectivity index (χ0) is 55.0. The third-order valence-corrected chi connectivity index (χ3v) is 15.4. The van der Waals surface area contributed by atoms with E-state index in [1.165, 1.54) is 48.0 Å². The number of phenolic OH excluding ortho intramolecular Hbond substituents is 1. The monoisotopic (exact) mass is 1080 g/mol. The van der Waals surface area contributed by atoms with Gasteiger partial charge < -0.3 is 25.2 Å². The van der Waals surface area contributed by atoms with E-state index in [1.807, 2.05) is 13.0 Å². The molecule has 6 rings (SSSR count). The van der Waals surface area contributed by atoms with Gasteiger partial charge in [0, 0.05) is 32.3 Å². The van der Waals surface area contributed by atoms with Gasteiger partial charge in [-0.2, -0.15) is 5.11 Å². The molecule has 0 saturated carbocycles. The van der Waals surface area contributed by atoms with Crippen molar-refractivity contribution in [3.8, 4) is 17.2 Å². The Morgan fingerprint density at radius 2 is 1.44 bits per heavy atom. The lowest BCUT2D eigenvalue weighted by Crippen LogP contribution is -2.45. The summed E-state index contributed by atoms with van der Waals surface area (Å²) in [6.45, 7) is 21.4. The topological polar surface area (TPSA) is 224 Å². The van der Waals surface area contributed by atoms with Crippen LogP contribution >= 0.6 is 23.6 Å². The molecule has 5 N–H and O–H groups in total. The van der Waals surface area contributed by atoms with Crippen LogP contribution in [0, 0.1) is 12.3 Å². The van der Waals surface area contributed by atoms with Gasteiger partial charge in [-0.1, -0.05) is 110 Å². The number of halogens is 1. The molecule has 0 fully saturated rings. The van der Waals surface area contributed by atoms with Crippen molar-refractivity contribution in [1.82, 2.24) is 0 Å². The summed E-state index contributed by atoms with van der Waals surface area (Å²) in [6.07, 6.45) is -0.428. The predicted molar refractivity (Wildman–Crippen MR) is 294 cm³/mol. The summed E-state index contributed by atoms with van der Waals surface area (Å²) in [5.74, 6) is -1.31. The second kappa shape index (κ2) is 24.0. The van der Waals surface area contributed by atoms with Crippen LogP contribution in [0.2, 0.25) is 5.02 Å². The number of rotatable bonds is 22. The SMILES string of the molecule is CCC(Oc1ccc(C(C)(C)CC)cc1C(C)(C)CC)C(=O)Nc1ccc(Cl)c(NC(=O)C(Oc2ccc(S(=O)(=O)Nc3cccc4c(O)c(C)cc(N=Nc5ccc(SOOO)cc5)c34)cc2)C(=O)C(C)(C)C)c1. The van der Waals surface area contributed by atoms with Gasteiger partial charge in [0.05, 0.1) is 44.7 Å². The Morgan fingerprint density at radius 1 is 0.760 bits per heavy atom. The Labute approximate surface area is 447 Å². The average molecular weight is 1080 g/mol. The van der Waals surface area contributed by atoms with Gasteiger partial charge >= 0.3 is 0 Å². The highest BCUT2D eigenvalue weighted by atomic mass is 35.5. The molecule has 398 valence electrons. The highest BCUT2D eigenvalue weighted by molar-refractivity contribution is 7.94. The molecule has 2 amide bonds. The number of carbonyl (C=O) groups is 3. The van der Waals surface area contributed by atoms with Crippen molar-refractivity contribution >= 4 is 90.5 Å². The van der Waals surface area contributed by atoms with Crippen molar-refractivity contribution in [3.05, 3.63) is 131 Å². The fourth-order valence-electron chi connectivity index (χ4n) is 7.71. The van der Waals surface area contributed by atoms with Crippen LogP contribution in [0.4, 0.5) is 28.4 Å². The minimum absolute atomic E-state index is 0.00718. The summed E-state index contributed by atoms with van der Waals surface area (Å²) in [7, 11) is -4.32. The number of aromatic hydroxyl groups is 1. The molecule has 0 aliphatic heterocycles. The molecule has 0 saturated heterocycles. The first-order valence-corrected chi connectivity index (χ1v) is 26.9. The minimum atomic E-state index is -4.32. The number of phenols is 1. The van der Waals surface area contributed by atoms with E-state index in [9.17, 15) is 27.9 Å². The molecular formula is C56H64ClN5O11S2. The molecule has 2 unspecified atom stereocenters. The van der Waals surface area contributed by atoms with E-state index in [2.05, 4.69) is 88.6 Å². The maximum atomic E-state index is 14.1. The lowest BCUT2D eigenvalue weighted by atomic mass is 9.76. The Hall–Kier alpha value is -6.54. The van der Waals surface area contributed by atoms with E-state index in [0.717, 1.165) is 30.4 Å². The number of Topliss-reactive ketones (excluding diaryl/α,β-unsaturated/α-hetero) is 1. The number of amides is 2. The first-order chi connectivity index (χ1) is 35.3. The number of fused-ring (bicyclic) bond motifs is 1. The Morgan fingerprint density at radius 3 is 2.07 bits per heavy atom. The van der Waals surface area contributed by atoms with Gasteiger partial charge in [-0.15, -0.1) is 9.45 Å². The van der Waals surface area contributed by atoms with Crippen LogP contribution in [-0.4, -0.2) is 48.6 Å². The van der Waals surface area contributed by atoms with Crippen molar-refractivity contribution in [1.29, 1.82) is 0 Å². The van der Waals surface area contributed by atoms with E-state index >= 15 is 0 Å². The average Bonchev–Trinajstić information content (AvgIpc) is 3.37. The Balaban J connectivity index is 1.19. The van der Waals surface area contributed by atoms with Gasteiger partial charge in [-0.3, -0.25) is 19.1 Å². The van der Waals surface area contributed by atoms with Crippen molar-refractivity contribution in [2.45, 2.75) is 128 Å². The van der Waals surface area contributed by atoms with Gasteiger partial charge in [0.15, 0.2) is 11.9 Å². The standard InChI is InChI=1S/C56H64ClN5O11S2/c1-12-46(71-47-29-18-34(55(8,9)13-2)31-41(47)56(10,11)14-3)52(65)58-36-21-28-42(57)44(32-36)59-53(66)50(51(64)54(5,6)7)70-37-22-26-39(27-23-37)75(68,69)62-43-17-15-16-40-48(43)45(30-33(4)49(40)63)61-60-35-19-24-38(25-20-35)74-73-72-67/h15-32,46,50,62-63,67H,12-14H2,1-11H3,(H,58,65)(H,59,66). The molecule has 0 bridgehead atoms. The number of carbonyl (C=O) groups excluding carboxylic acids is 3. The number of aryl methyl sites for hydroxylation is 1. The van der Waals surface area contributed by atoms with Crippen LogP contribution in [0.25, 0.3) is 10.8 Å². The number of ether oxygens (including phenoxy) is 2. The van der Waals surface area contributed by atoms with Gasteiger partial charge in [0.2, 0.25) is 6.10 Å². The highest BCUT2D eigenvalue weighted by Gasteiger charge is 2.37. The number of azo groups is 1. The van der Waals surface area contributed by atoms with Crippen molar-refractivity contribution < 1.29 is 52.0 Å². The largest absolute Gasteiger partial charge is 0.507 e. The summed E-state index contributed by atoms with van der Waals surface area (Å²) in [5.41, 5.74) is 2.53. The molecule has 6 aromatic carbocycles. The minimum Gasteiger partial charge on any atom is -0.507 e. The number of ketones is 1. The zero-order valence-electron chi connectivity index (χ0n) is 43.8. The summed E-state index contributed by atoms with van der Waals surface area (Å²) in [6, 6.07) is 28.8. The highest BCUT2D eigenvalue weighted by Crippen LogP contribution is 2.42. The van der Waals surface area contributed by atoms with E-state index in [0.29, 0.717) is 39.4 Å². The Kier molecular flexibility index (Phi) is 18.5. The van der Waals surface area contributed by atoms with E-state index in [-0.39, 0.29) is 54.7 Å². The molecule has 0 radical (unpaired) electrons.